The SMILES string of the molecule is COc1ccc(-c2c(/C(C(C)=O)=C(/C)O)c3c(=O)n(-c4ccccc4)c(C)cc3n2-c2ccccc2)cc1. The van der Waals surface area contributed by atoms with E-state index in [-0.39, 0.29) is 22.7 Å². The molecule has 5 aromatic rings. The van der Waals surface area contributed by atoms with Crippen molar-refractivity contribution in [1.29, 1.82) is 0 Å². The zero-order chi connectivity index (χ0) is 27.0. The smallest absolute Gasteiger partial charge is 0.265 e. The quantitative estimate of drug-likeness (QED) is 0.208. The average molecular weight is 505 g/mol. The summed E-state index contributed by atoms with van der Waals surface area (Å²) in [5.74, 6) is 0.198. The molecule has 0 amide bonds. The lowest BCUT2D eigenvalue weighted by Crippen LogP contribution is -2.21. The third kappa shape index (κ3) is 4.10. The van der Waals surface area contributed by atoms with Gasteiger partial charge in [-0.2, -0.15) is 0 Å². The van der Waals surface area contributed by atoms with Gasteiger partial charge < -0.3 is 14.4 Å². The molecule has 6 heteroatoms. The van der Waals surface area contributed by atoms with Crippen molar-refractivity contribution in [3.05, 3.63) is 118 Å². The Morgan fingerprint density at radius 1 is 0.816 bits per heavy atom. The van der Waals surface area contributed by atoms with Gasteiger partial charge >= 0.3 is 0 Å². The van der Waals surface area contributed by atoms with Crippen LogP contribution in [0.5, 0.6) is 5.75 Å². The van der Waals surface area contributed by atoms with Crippen LogP contribution in [0.15, 0.2) is 102 Å². The van der Waals surface area contributed by atoms with Crippen molar-refractivity contribution >= 4 is 22.3 Å². The number of ether oxygens (including phenoxy) is 1. The number of carbonyl (C=O) groups is 1. The Hall–Kier alpha value is -4.84. The highest BCUT2D eigenvalue weighted by Crippen LogP contribution is 2.41. The summed E-state index contributed by atoms with van der Waals surface area (Å²) in [6.07, 6.45) is 0. The first-order valence-corrected chi connectivity index (χ1v) is 12.3. The van der Waals surface area contributed by atoms with Crippen molar-refractivity contribution in [3.8, 4) is 28.4 Å². The number of pyridine rings is 1. The molecule has 0 radical (unpaired) electrons. The number of Topliss-reactive ketones (excluding diaryl/α,β-unsaturated/α-hetero) is 1. The molecule has 0 unspecified atom stereocenters. The fourth-order valence-corrected chi connectivity index (χ4v) is 5.10. The van der Waals surface area contributed by atoms with Crippen LogP contribution in [-0.2, 0) is 4.79 Å². The number of hydrogen-bond donors (Lipinski definition) is 1. The second-order valence-corrected chi connectivity index (χ2v) is 9.16. The maximum Gasteiger partial charge on any atom is 0.265 e. The molecule has 0 aliphatic heterocycles. The zero-order valence-corrected chi connectivity index (χ0v) is 21.7. The first-order chi connectivity index (χ1) is 18.3. The molecule has 38 heavy (non-hydrogen) atoms. The van der Waals surface area contributed by atoms with E-state index in [2.05, 4.69) is 0 Å². The van der Waals surface area contributed by atoms with E-state index in [1.54, 1.807) is 11.7 Å². The van der Waals surface area contributed by atoms with Gasteiger partial charge in [-0.25, -0.2) is 0 Å². The van der Waals surface area contributed by atoms with Gasteiger partial charge in [0.05, 0.1) is 29.3 Å². The highest BCUT2D eigenvalue weighted by atomic mass is 16.5. The van der Waals surface area contributed by atoms with Gasteiger partial charge in [0.2, 0.25) is 0 Å². The summed E-state index contributed by atoms with van der Waals surface area (Å²) in [6, 6.07) is 28.5. The molecule has 0 aliphatic rings. The minimum Gasteiger partial charge on any atom is -0.512 e. The number of aliphatic hydroxyl groups is 1. The van der Waals surface area contributed by atoms with Gasteiger partial charge in [0.15, 0.2) is 5.78 Å². The number of aryl methyl sites for hydroxylation is 1. The number of ketones is 1. The molecule has 0 fully saturated rings. The molecule has 190 valence electrons. The molecule has 1 N–H and O–H groups in total. The number of hydrogen-bond acceptors (Lipinski definition) is 4. The highest BCUT2D eigenvalue weighted by Gasteiger charge is 2.29. The van der Waals surface area contributed by atoms with Gasteiger partial charge in [0, 0.05) is 22.6 Å². The van der Waals surface area contributed by atoms with Crippen LogP contribution in [0.1, 0.15) is 25.1 Å². The number of aromatic nitrogens is 2. The number of benzene rings is 3. The van der Waals surface area contributed by atoms with E-state index in [0.29, 0.717) is 27.9 Å². The van der Waals surface area contributed by atoms with Crippen LogP contribution in [0.4, 0.5) is 0 Å². The lowest BCUT2D eigenvalue weighted by Gasteiger charge is -2.14. The fraction of sp³-hybridized carbons (Fsp3) is 0.125. The van der Waals surface area contributed by atoms with Gasteiger partial charge in [-0.05, 0) is 80.9 Å². The largest absolute Gasteiger partial charge is 0.512 e. The van der Waals surface area contributed by atoms with Crippen LogP contribution in [0.3, 0.4) is 0 Å². The molecular weight excluding hydrogens is 476 g/mol. The molecule has 0 bridgehead atoms. The minimum atomic E-state index is -0.335. The summed E-state index contributed by atoms with van der Waals surface area (Å²) in [5.41, 5.74) is 4.56. The third-order valence-electron chi connectivity index (χ3n) is 6.68. The van der Waals surface area contributed by atoms with Crippen LogP contribution in [0, 0.1) is 6.92 Å². The van der Waals surface area contributed by atoms with E-state index >= 15 is 0 Å². The summed E-state index contributed by atoms with van der Waals surface area (Å²) >= 11 is 0. The Kier molecular flexibility index (Phi) is 6.47. The van der Waals surface area contributed by atoms with Gasteiger partial charge in [-0.15, -0.1) is 0 Å². The monoisotopic (exact) mass is 504 g/mol. The molecule has 0 saturated heterocycles. The molecule has 0 spiro atoms. The predicted molar refractivity (Wildman–Crippen MR) is 152 cm³/mol. The lowest BCUT2D eigenvalue weighted by molar-refractivity contribution is -0.111. The first kappa shape index (κ1) is 24.8. The number of allylic oxidation sites excluding steroid dienone is 2. The van der Waals surface area contributed by atoms with Gasteiger partial charge in [0.25, 0.3) is 5.56 Å². The maximum atomic E-state index is 14.4. The van der Waals surface area contributed by atoms with Crippen LogP contribution >= 0.6 is 0 Å². The van der Waals surface area contributed by atoms with Crippen molar-refractivity contribution in [1.82, 2.24) is 9.13 Å². The number of methoxy groups -OCH3 is 1. The molecular formula is C32H28N2O4. The van der Waals surface area contributed by atoms with Crippen molar-refractivity contribution in [2.45, 2.75) is 20.8 Å². The summed E-state index contributed by atoms with van der Waals surface area (Å²) in [6.45, 7) is 4.77. The van der Waals surface area contributed by atoms with Crippen LogP contribution < -0.4 is 10.3 Å². The van der Waals surface area contributed by atoms with Gasteiger partial charge in [-0.3, -0.25) is 14.2 Å². The van der Waals surface area contributed by atoms with E-state index in [9.17, 15) is 14.7 Å². The second kappa shape index (κ2) is 9.90. The Labute approximate surface area is 220 Å². The molecule has 5 rings (SSSR count). The number of rotatable bonds is 6. The Morgan fingerprint density at radius 2 is 1.37 bits per heavy atom. The summed E-state index contributed by atoms with van der Waals surface area (Å²) in [4.78, 5) is 27.4. The number of carbonyl (C=O) groups excluding carboxylic acids is 1. The molecule has 6 nitrogen and oxygen atoms in total. The summed E-state index contributed by atoms with van der Waals surface area (Å²) < 4.78 is 9.00. The molecule has 0 atom stereocenters. The van der Waals surface area contributed by atoms with E-state index in [4.69, 9.17) is 4.74 Å². The highest BCUT2D eigenvalue weighted by molar-refractivity contribution is 6.25. The van der Waals surface area contributed by atoms with E-state index in [1.165, 1.54) is 13.8 Å². The van der Waals surface area contributed by atoms with Gasteiger partial charge in [-0.1, -0.05) is 36.4 Å². The Morgan fingerprint density at radius 3 is 1.87 bits per heavy atom. The van der Waals surface area contributed by atoms with Crippen molar-refractivity contribution in [2.24, 2.45) is 0 Å². The minimum absolute atomic E-state index is 0.107. The predicted octanol–water partition coefficient (Wildman–Crippen LogP) is 6.64. The van der Waals surface area contributed by atoms with Crippen molar-refractivity contribution in [2.75, 3.05) is 7.11 Å². The first-order valence-electron chi connectivity index (χ1n) is 12.3. The van der Waals surface area contributed by atoms with Crippen LogP contribution in [-0.4, -0.2) is 27.1 Å². The van der Waals surface area contributed by atoms with E-state index < -0.39 is 0 Å². The molecule has 0 aliphatic carbocycles. The standard InChI is InChI=1S/C32H28N2O4/c1-20-19-27-29(32(37)33(20)24-11-7-5-8-12-24)30(28(21(2)35)22(3)36)31(23-15-17-26(38-4)18-16-23)34(27)25-13-9-6-10-14-25/h5-19,35H,1-4H3/b28-21-. The normalized spacial score (nSPS) is 11.9. The number of para-hydroxylation sites is 2. The van der Waals surface area contributed by atoms with Crippen LogP contribution in [0.2, 0.25) is 0 Å². The maximum absolute atomic E-state index is 14.4. The number of aliphatic hydroxyl groups excluding tert-OH is 1. The molecule has 0 saturated carbocycles. The summed E-state index contributed by atoms with van der Waals surface area (Å²) in [7, 11) is 1.60. The van der Waals surface area contributed by atoms with E-state index in [0.717, 1.165) is 22.6 Å². The zero-order valence-electron chi connectivity index (χ0n) is 21.7. The third-order valence-corrected chi connectivity index (χ3v) is 6.68. The molecule has 2 aromatic heterocycles. The molecule has 2 heterocycles. The molecule has 3 aromatic carbocycles. The lowest BCUT2D eigenvalue weighted by atomic mass is 9.95. The second-order valence-electron chi connectivity index (χ2n) is 9.16. The Balaban J connectivity index is 2.05. The number of fused-ring (bicyclic) bond motifs is 1. The Bertz CT molecular complexity index is 1740. The van der Waals surface area contributed by atoms with Crippen molar-refractivity contribution in [3.63, 3.8) is 0 Å². The summed E-state index contributed by atoms with van der Waals surface area (Å²) in [5, 5.41) is 11.1. The van der Waals surface area contributed by atoms with E-state index in [1.807, 2.05) is 102 Å². The topological polar surface area (TPSA) is 73.5 Å². The van der Waals surface area contributed by atoms with Gasteiger partial charge in [0.1, 0.15) is 11.5 Å². The van der Waals surface area contributed by atoms with Crippen LogP contribution in [0.25, 0.3) is 39.1 Å². The van der Waals surface area contributed by atoms with Crippen molar-refractivity contribution < 1.29 is 14.6 Å². The number of nitrogens with zero attached hydrogens (tertiary/aromatic N) is 2. The average Bonchev–Trinajstić information content (AvgIpc) is 3.23. The fourth-order valence-electron chi connectivity index (χ4n) is 5.10.